The van der Waals surface area contributed by atoms with Crippen LogP contribution in [-0.2, 0) is 0 Å². The average Bonchev–Trinajstić information content (AvgIpc) is 2.31. The number of anilines is 1. The molecule has 0 heterocycles. The lowest BCUT2D eigenvalue weighted by Gasteiger charge is -2.08. The maximum absolute atomic E-state index is 13.4. The molecule has 3 nitrogen and oxygen atoms in total. The molecule has 5 heteroatoms. The van der Waals surface area contributed by atoms with Gasteiger partial charge in [-0.3, -0.25) is 0 Å². The Labute approximate surface area is 98.3 Å². The van der Waals surface area contributed by atoms with E-state index in [-0.39, 0.29) is 11.3 Å². The molecule has 0 radical (unpaired) electrons. The van der Waals surface area contributed by atoms with Crippen molar-refractivity contribution in [1.29, 1.82) is 10.5 Å². The molecular formula is C12H11F2N3. The summed E-state index contributed by atoms with van der Waals surface area (Å²) in [6, 6.07) is 5.64. The molecule has 0 spiro atoms. The third-order valence-electron chi connectivity index (χ3n) is 2.19. The predicted octanol–water partition coefficient (Wildman–Crippen LogP) is 2.94. The maximum atomic E-state index is 13.4. The molecule has 17 heavy (non-hydrogen) atoms. The number of benzene rings is 1. The normalized spacial score (nSPS) is 9.41. The highest BCUT2D eigenvalue weighted by molar-refractivity contribution is 5.50. The molecule has 1 aromatic carbocycles. The number of hydrogen-bond acceptors (Lipinski definition) is 3. The lowest BCUT2D eigenvalue weighted by Crippen LogP contribution is -2.06. The zero-order valence-corrected chi connectivity index (χ0v) is 9.13. The highest BCUT2D eigenvalue weighted by atomic mass is 19.1. The second-order valence-electron chi connectivity index (χ2n) is 3.47. The van der Waals surface area contributed by atoms with Crippen LogP contribution in [0.15, 0.2) is 12.1 Å². The van der Waals surface area contributed by atoms with E-state index in [1.165, 1.54) is 0 Å². The fraction of sp³-hybridized carbons (Fsp3) is 0.333. The van der Waals surface area contributed by atoms with Gasteiger partial charge in [0.15, 0.2) is 11.6 Å². The largest absolute Gasteiger partial charge is 0.380 e. The van der Waals surface area contributed by atoms with E-state index in [0.29, 0.717) is 25.8 Å². The van der Waals surface area contributed by atoms with Gasteiger partial charge in [0.2, 0.25) is 0 Å². The highest BCUT2D eigenvalue weighted by Gasteiger charge is 2.10. The summed E-state index contributed by atoms with van der Waals surface area (Å²) in [7, 11) is 0. The van der Waals surface area contributed by atoms with Gasteiger partial charge in [-0.1, -0.05) is 0 Å². The van der Waals surface area contributed by atoms with E-state index in [0.717, 1.165) is 12.1 Å². The number of nitrogens with one attached hydrogen (secondary N) is 1. The second-order valence-corrected chi connectivity index (χ2v) is 3.47. The fourth-order valence-electron chi connectivity index (χ4n) is 1.35. The first-order valence-corrected chi connectivity index (χ1v) is 5.19. The monoisotopic (exact) mass is 235 g/mol. The molecule has 1 rings (SSSR count). The molecule has 0 bridgehead atoms. The highest BCUT2D eigenvalue weighted by Crippen LogP contribution is 2.20. The Morgan fingerprint density at radius 2 is 1.76 bits per heavy atom. The van der Waals surface area contributed by atoms with Crippen LogP contribution in [0.4, 0.5) is 14.5 Å². The average molecular weight is 235 g/mol. The van der Waals surface area contributed by atoms with Gasteiger partial charge in [-0.2, -0.15) is 10.5 Å². The minimum Gasteiger partial charge on any atom is -0.380 e. The molecule has 0 aromatic heterocycles. The van der Waals surface area contributed by atoms with Crippen molar-refractivity contribution in [3.63, 3.8) is 0 Å². The first kappa shape index (κ1) is 12.9. The Morgan fingerprint density at radius 3 is 2.29 bits per heavy atom. The molecular weight excluding hydrogens is 224 g/mol. The summed E-state index contributed by atoms with van der Waals surface area (Å²) in [6.07, 6.45) is 1.77. The minimum absolute atomic E-state index is 0.0463. The summed E-state index contributed by atoms with van der Waals surface area (Å²) >= 11 is 0. The summed E-state index contributed by atoms with van der Waals surface area (Å²) in [5, 5.41) is 19.4. The van der Waals surface area contributed by atoms with Gasteiger partial charge in [-0.25, -0.2) is 8.78 Å². The van der Waals surface area contributed by atoms with E-state index in [1.807, 2.05) is 6.07 Å². The van der Waals surface area contributed by atoms with Crippen LogP contribution in [0.2, 0.25) is 0 Å². The van der Waals surface area contributed by atoms with Crippen LogP contribution in [0.25, 0.3) is 0 Å². The van der Waals surface area contributed by atoms with E-state index >= 15 is 0 Å². The van der Waals surface area contributed by atoms with Gasteiger partial charge in [-0.05, 0) is 25.0 Å². The third kappa shape index (κ3) is 3.73. The molecule has 0 aliphatic heterocycles. The number of hydrogen-bond donors (Lipinski definition) is 1. The second kappa shape index (κ2) is 6.44. The fourth-order valence-corrected chi connectivity index (χ4v) is 1.35. The topological polar surface area (TPSA) is 59.6 Å². The van der Waals surface area contributed by atoms with Crippen molar-refractivity contribution in [1.82, 2.24) is 0 Å². The Morgan fingerprint density at radius 1 is 1.12 bits per heavy atom. The lowest BCUT2D eigenvalue weighted by molar-refractivity contribution is 0.586. The number of rotatable bonds is 5. The van der Waals surface area contributed by atoms with E-state index in [4.69, 9.17) is 10.5 Å². The maximum Gasteiger partial charge on any atom is 0.150 e. The van der Waals surface area contributed by atoms with Crippen LogP contribution >= 0.6 is 0 Å². The molecule has 0 unspecified atom stereocenters. The van der Waals surface area contributed by atoms with E-state index in [1.54, 1.807) is 6.07 Å². The summed E-state index contributed by atoms with van der Waals surface area (Å²) in [5.41, 5.74) is -0.268. The zero-order valence-electron chi connectivity index (χ0n) is 9.13. The first-order chi connectivity index (χ1) is 8.19. The summed E-state index contributed by atoms with van der Waals surface area (Å²) in [5.74, 6) is -1.55. The zero-order chi connectivity index (χ0) is 12.7. The summed E-state index contributed by atoms with van der Waals surface area (Å²) in [6.45, 7) is 0.390. The number of unbranched alkanes of at least 4 members (excludes halogenated alkanes) is 2. The minimum atomic E-state index is -0.776. The van der Waals surface area contributed by atoms with Crippen molar-refractivity contribution >= 4 is 5.69 Å². The molecule has 0 fully saturated rings. The van der Waals surface area contributed by atoms with Gasteiger partial charge >= 0.3 is 0 Å². The van der Waals surface area contributed by atoms with Crippen molar-refractivity contribution in [2.24, 2.45) is 0 Å². The van der Waals surface area contributed by atoms with Crippen molar-refractivity contribution in [2.45, 2.75) is 19.3 Å². The van der Waals surface area contributed by atoms with E-state index < -0.39 is 11.6 Å². The molecule has 0 aliphatic rings. The van der Waals surface area contributed by atoms with Crippen LogP contribution in [0.5, 0.6) is 0 Å². The molecule has 0 saturated carbocycles. The van der Waals surface area contributed by atoms with E-state index in [9.17, 15) is 8.78 Å². The summed E-state index contributed by atoms with van der Waals surface area (Å²) in [4.78, 5) is 0. The van der Waals surface area contributed by atoms with Gasteiger partial charge < -0.3 is 5.32 Å². The van der Waals surface area contributed by atoms with Crippen LogP contribution < -0.4 is 5.32 Å². The van der Waals surface area contributed by atoms with Crippen LogP contribution in [0.3, 0.4) is 0 Å². The number of nitrogens with zero attached hydrogens (tertiary/aromatic N) is 2. The first-order valence-electron chi connectivity index (χ1n) is 5.19. The van der Waals surface area contributed by atoms with Crippen molar-refractivity contribution in [3.05, 3.63) is 29.3 Å². The van der Waals surface area contributed by atoms with Gasteiger partial charge in [0.25, 0.3) is 0 Å². The molecule has 1 N–H and O–H groups in total. The Bertz CT molecular complexity index is 449. The number of halogens is 2. The van der Waals surface area contributed by atoms with Gasteiger partial charge in [0.05, 0.1) is 17.7 Å². The molecule has 0 amide bonds. The van der Waals surface area contributed by atoms with Gasteiger partial charge in [-0.15, -0.1) is 0 Å². The van der Waals surface area contributed by atoms with Crippen LogP contribution in [0, 0.1) is 34.3 Å². The quantitative estimate of drug-likeness (QED) is 0.798. The smallest absolute Gasteiger partial charge is 0.150 e. The standard InChI is InChI=1S/C12H11F2N3/c13-10-6-9(8-16)7-11(14)12(10)17-5-3-1-2-4-15/h6-7,17H,1-3,5H2. The van der Waals surface area contributed by atoms with Crippen molar-refractivity contribution in [3.8, 4) is 12.1 Å². The lowest BCUT2D eigenvalue weighted by atomic mass is 10.2. The summed E-state index contributed by atoms with van der Waals surface area (Å²) < 4.78 is 26.7. The third-order valence-corrected chi connectivity index (χ3v) is 2.19. The van der Waals surface area contributed by atoms with Gasteiger partial charge in [0.1, 0.15) is 5.69 Å². The predicted molar refractivity (Wildman–Crippen MR) is 59.0 cm³/mol. The molecule has 1 aromatic rings. The SMILES string of the molecule is N#CCCCCNc1c(F)cc(C#N)cc1F. The molecule has 0 aliphatic carbocycles. The number of nitriles is 2. The van der Waals surface area contributed by atoms with Crippen LogP contribution in [0.1, 0.15) is 24.8 Å². The van der Waals surface area contributed by atoms with Crippen molar-refractivity contribution in [2.75, 3.05) is 11.9 Å². The Balaban J connectivity index is 2.60. The van der Waals surface area contributed by atoms with Crippen LogP contribution in [-0.4, -0.2) is 6.54 Å². The Hall–Kier alpha value is -2.14. The molecule has 0 atom stereocenters. The molecule has 88 valence electrons. The molecule has 0 saturated heterocycles. The van der Waals surface area contributed by atoms with Gasteiger partial charge in [0, 0.05) is 13.0 Å². The van der Waals surface area contributed by atoms with Crippen molar-refractivity contribution < 1.29 is 8.78 Å². The Kier molecular flexibility index (Phi) is 4.90. The van der Waals surface area contributed by atoms with E-state index in [2.05, 4.69) is 5.32 Å².